The first-order valence-corrected chi connectivity index (χ1v) is 12.0. The number of methoxy groups -OCH3 is 1. The Morgan fingerprint density at radius 1 is 1.19 bits per heavy atom. The molecule has 1 aliphatic heterocycles. The smallest absolute Gasteiger partial charge is 0.260 e. The summed E-state index contributed by atoms with van der Waals surface area (Å²) < 4.78 is 5.43. The molecule has 1 aliphatic carbocycles. The molecule has 3 atom stereocenters. The van der Waals surface area contributed by atoms with E-state index in [2.05, 4.69) is 24.4 Å². The van der Waals surface area contributed by atoms with Crippen LogP contribution >= 0.6 is 11.8 Å². The van der Waals surface area contributed by atoms with Gasteiger partial charge in [0.25, 0.3) is 5.91 Å². The third-order valence-electron chi connectivity index (χ3n) is 6.45. The molecule has 5 nitrogen and oxygen atoms in total. The number of nitrogens with one attached hydrogen (secondary N) is 1. The molecule has 1 saturated heterocycles. The monoisotopic (exact) mass is 450 g/mol. The number of para-hydroxylation sites is 1. The van der Waals surface area contributed by atoms with Gasteiger partial charge in [-0.1, -0.05) is 48.0 Å². The first-order valence-electron chi connectivity index (χ1n) is 11.1. The van der Waals surface area contributed by atoms with Crippen molar-refractivity contribution in [2.75, 3.05) is 14.2 Å². The van der Waals surface area contributed by atoms with Crippen LogP contribution in [0, 0.1) is 12.8 Å². The summed E-state index contributed by atoms with van der Waals surface area (Å²) in [7, 11) is 3.50. The van der Waals surface area contributed by atoms with Gasteiger partial charge in [-0.2, -0.15) is 0 Å². The van der Waals surface area contributed by atoms with Crippen molar-refractivity contribution >= 4 is 29.7 Å². The van der Waals surface area contributed by atoms with Gasteiger partial charge in [0, 0.05) is 36.4 Å². The molecule has 0 bridgehead atoms. The lowest BCUT2D eigenvalue weighted by molar-refractivity contribution is -0.132. The lowest BCUT2D eigenvalue weighted by Gasteiger charge is -2.44. The number of rotatable bonds is 5. The van der Waals surface area contributed by atoms with E-state index in [4.69, 9.17) is 4.74 Å². The van der Waals surface area contributed by atoms with Crippen LogP contribution in [0.15, 0.2) is 53.4 Å². The number of carbonyl (C=O) groups excluding carboxylic acids is 2. The Balaban J connectivity index is 1.40. The average Bonchev–Trinajstić information content (AvgIpc) is 2.82. The number of thioether (sulfide) groups is 1. The third kappa shape index (κ3) is 4.85. The SMILES string of the molecule is COc1ccccc1/C=C1/SC2CCC(C(=O)NCc3ccc(C)cc3)CC2N(C)C1=O. The Labute approximate surface area is 194 Å². The topological polar surface area (TPSA) is 58.6 Å². The van der Waals surface area contributed by atoms with E-state index in [0.717, 1.165) is 34.6 Å². The zero-order chi connectivity index (χ0) is 22.7. The van der Waals surface area contributed by atoms with Gasteiger partial charge in [0.1, 0.15) is 5.75 Å². The van der Waals surface area contributed by atoms with E-state index in [9.17, 15) is 9.59 Å². The highest BCUT2D eigenvalue weighted by Gasteiger charge is 2.42. The minimum absolute atomic E-state index is 0.0165. The predicted octanol–water partition coefficient (Wildman–Crippen LogP) is 4.40. The Morgan fingerprint density at radius 2 is 1.94 bits per heavy atom. The van der Waals surface area contributed by atoms with Crippen molar-refractivity contribution in [1.29, 1.82) is 0 Å². The second-order valence-electron chi connectivity index (χ2n) is 8.60. The van der Waals surface area contributed by atoms with Gasteiger partial charge in [0.2, 0.25) is 5.91 Å². The van der Waals surface area contributed by atoms with Crippen LogP contribution < -0.4 is 10.1 Å². The highest BCUT2D eigenvalue weighted by atomic mass is 32.2. The van der Waals surface area contributed by atoms with Crippen molar-refractivity contribution in [3.63, 3.8) is 0 Å². The summed E-state index contributed by atoms with van der Waals surface area (Å²) in [5.74, 6) is 0.803. The summed E-state index contributed by atoms with van der Waals surface area (Å²) >= 11 is 1.65. The fourth-order valence-corrected chi connectivity index (χ4v) is 5.97. The highest BCUT2D eigenvalue weighted by molar-refractivity contribution is 8.04. The number of hydrogen-bond acceptors (Lipinski definition) is 4. The quantitative estimate of drug-likeness (QED) is 0.686. The minimum Gasteiger partial charge on any atom is -0.496 e. The molecule has 2 aliphatic rings. The van der Waals surface area contributed by atoms with Crippen molar-refractivity contribution in [2.24, 2.45) is 5.92 Å². The molecule has 1 N–H and O–H groups in total. The molecule has 0 aromatic heterocycles. The van der Waals surface area contributed by atoms with E-state index >= 15 is 0 Å². The van der Waals surface area contributed by atoms with E-state index in [1.54, 1.807) is 18.9 Å². The van der Waals surface area contributed by atoms with Gasteiger partial charge in [0.05, 0.1) is 12.0 Å². The summed E-state index contributed by atoms with van der Waals surface area (Å²) in [5.41, 5.74) is 3.21. The Kier molecular flexibility index (Phi) is 6.89. The van der Waals surface area contributed by atoms with E-state index in [1.807, 2.05) is 54.4 Å². The molecule has 0 spiro atoms. The van der Waals surface area contributed by atoms with Crippen LogP contribution in [0.3, 0.4) is 0 Å². The van der Waals surface area contributed by atoms with Gasteiger partial charge in [-0.15, -0.1) is 11.8 Å². The number of likely N-dealkylation sites (N-methyl/N-ethyl adjacent to an activating group) is 1. The predicted molar refractivity (Wildman–Crippen MR) is 129 cm³/mol. The summed E-state index contributed by atoms with van der Waals surface area (Å²) in [6.45, 7) is 2.59. The molecular weight excluding hydrogens is 420 g/mol. The molecule has 1 saturated carbocycles. The van der Waals surface area contributed by atoms with Gasteiger partial charge >= 0.3 is 0 Å². The van der Waals surface area contributed by atoms with Gasteiger partial charge < -0.3 is 15.0 Å². The molecule has 2 aromatic carbocycles. The zero-order valence-electron chi connectivity index (χ0n) is 18.8. The van der Waals surface area contributed by atoms with Crippen LogP contribution in [0.25, 0.3) is 6.08 Å². The molecule has 2 fully saturated rings. The maximum absolute atomic E-state index is 13.1. The van der Waals surface area contributed by atoms with Crippen LogP contribution in [0.2, 0.25) is 0 Å². The van der Waals surface area contributed by atoms with E-state index in [1.165, 1.54) is 5.56 Å². The van der Waals surface area contributed by atoms with Gasteiger partial charge in [-0.05, 0) is 43.9 Å². The number of amides is 2. The molecule has 3 unspecified atom stereocenters. The van der Waals surface area contributed by atoms with Crippen molar-refractivity contribution in [2.45, 2.75) is 44.0 Å². The van der Waals surface area contributed by atoms with Gasteiger partial charge in [-0.3, -0.25) is 9.59 Å². The van der Waals surface area contributed by atoms with E-state index in [0.29, 0.717) is 18.2 Å². The standard InChI is InChI=1S/C26H30N2O3S/c1-17-8-10-18(11-9-17)16-27-25(29)20-12-13-23-21(14-20)28(2)26(30)24(32-23)15-19-6-4-5-7-22(19)31-3/h4-11,15,20-21,23H,12-14,16H2,1-3H3,(H,27,29)/b24-15+. The lowest BCUT2D eigenvalue weighted by atomic mass is 9.83. The van der Waals surface area contributed by atoms with Gasteiger partial charge in [-0.25, -0.2) is 0 Å². The first-order chi connectivity index (χ1) is 15.5. The molecule has 168 valence electrons. The number of nitrogens with zero attached hydrogens (tertiary/aromatic N) is 1. The van der Waals surface area contributed by atoms with Crippen LogP contribution in [0.5, 0.6) is 5.75 Å². The van der Waals surface area contributed by atoms with Crippen LogP contribution in [-0.4, -0.2) is 42.2 Å². The number of aryl methyl sites for hydroxylation is 1. The molecule has 2 aromatic rings. The summed E-state index contributed by atoms with van der Waals surface area (Å²) in [5, 5.41) is 3.39. The molecule has 0 radical (unpaired) electrons. The van der Waals surface area contributed by atoms with Crippen molar-refractivity contribution < 1.29 is 14.3 Å². The number of ether oxygens (including phenoxy) is 1. The Bertz CT molecular complexity index is 1020. The molecule has 32 heavy (non-hydrogen) atoms. The molecule has 1 heterocycles. The molecule has 2 amide bonds. The average molecular weight is 451 g/mol. The normalized spacial score (nSPS) is 24.2. The fourth-order valence-electron chi connectivity index (χ4n) is 4.50. The fraction of sp³-hybridized carbons (Fsp3) is 0.385. The largest absolute Gasteiger partial charge is 0.496 e. The van der Waals surface area contributed by atoms with Crippen molar-refractivity contribution in [1.82, 2.24) is 10.2 Å². The third-order valence-corrected chi connectivity index (χ3v) is 7.84. The van der Waals surface area contributed by atoms with E-state index in [-0.39, 0.29) is 23.8 Å². The van der Waals surface area contributed by atoms with E-state index < -0.39 is 0 Å². The second kappa shape index (κ2) is 9.82. The molecule has 6 heteroatoms. The Hall–Kier alpha value is -2.73. The number of fused-ring (bicyclic) bond motifs is 1. The highest BCUT2D eigenvalue weighted by Crippen LogP contribution is 2.43. The van der Waals surface area contributed by atoms with Crippen LogP contribution in [-0.2, 0) is 16.1 Å². The molecule has 4 rings (SSSR count). The lowest BCUT2D eigenvalue weighted by Crippen LogP contribution is -2.52. The van der Waals surface area contributed by atoms with Crippen LogP contribution in [0.1, 0.15) is 36.0 Å². The number of hydrogen-bond donors (Lipinski definition) is 1. The second-order valence-corrected chi connectivity index (χ2v) is 9.88. The van der Waals surface area contributed by atoms with Gasteiger partial charge in [0.15, 0.2) is 0 Å². The maximum Gasteiger partial charge on any atom is 0.260 e. The zero-order valence-corrected chi connectivity index (χ0v) is 19.7. The summed E-state index contributed by atoms with van der Waals surface area (Å²) in [6, 6.07) is 16.0. The first kappa shape index (κ1) is 22.5. The van der Waals surface area contributed by atoms with Crippen molar-refractivity contribution in [3.8, 4) is 5.75 Å². The maximum atomic E-state index is 13.1. The number of carbonyl (C=O) groups is 2. The van der Waals surface area contributed by atoms with Crippen LogP contribution in [0.4, 0.5) is 0 Å². The summed E-state index contributed by atoms with van der Waals surface area (Å²) in [4.78, 5) is 28.5. The minimum atomic E-state index is -0.0581. The number of benzene rings is 2. The summed E-state index contributed by atoms with van der Waals surface area (Å²) in [6.07, 6.45) is 4.40. The Morgan fingerprint density at radius 3 is 2.69 bits per heavy atom. The molecular formula is C26H30N2O3S. The van der Waals surface area contributed by atoms with Crippen molar-refractivity contribution in [3.05, 3.63) is 70.1 Å².